The molecule has 0 aliphatic heterocycles. The van der Waals surface area contributed by atoms with Gasteiger partial charge in [-0.1, -0.05) is 6.07 Å². The zero-order chi connectivity index (χ0) is 12.3. The SMILES string of the molecule is C[C@@H](NCc1cc(F)ccc1O)c1cccs1. The first-order valence-electron chi connectivity index (χ1n) is 5.41. The molecule has 4 heteroatoms. The smallest absolute Gasteiger partial charge is 0.123 e. The third-order valence-corrected chi connectivity index (χ3v) is 3.67. The molecule has 0 aliphatic carbocycles. The zero-order valence-electron chi connectivity index (χ0n) is 9.48. The topological polar surface area (TPSA) is 32.3 Å². The predicted molar refractivity (Wildman–Crippen MR) is 67.6 cm³/mol. The maximum absolute atomic E-state index is 13.0. The number of halogens is 1. The second-order valence-electron chi connectivity index (χ2n) is 3.89. The predicted octanol–water partition coefficient (Wildman–Crippen LogP) is 3.44. The van der Waals surface area contributed by atoms with Gasteiger partial charge in [-0.3, -0.25) is 0 Å². The van der Waals surface area contributed by atoms with E-state index in [1.807, 2.05) is 24.4 Å². The summed E-state index contributed by atoms with van der Waals surface area (Å²) in [6.07, 6.45) is 0. The van der Waals surface area contributed by atoms with Gasteiger partial charge in [-0.2, -0.15) is 0 Å². The molecule has 0 saturated carbocycles. The summed E-state index contributed by atoms with van der Waals surface area (Å²) in [5.74, 6) is -0.208. The van der Waals surface area contributed by atoms with Gasteiger partial charge in [0, 0.05) is 23.0 Å². The Morgan fingerprint density at radius 3 is 2.94 bits per heavy atom. The van der Waals surface area contributed by atoms with E-state index < -0.39 is 0 Å². The number of phenolic OH excluding ortho intramolecular Hbond substituents is 1. The molecule has 2 aromatic rings. The summed E-state index contributed by atoms with van der Waals surface area (Å²) >= 11 is 1.67. The molecule has 0 bridgehead atoms. The molecular formula is C13H14FNOS. The fourth-order valence-electron chi connectivity index (χ4n) is 1.60. The van der Waals surface area contributed by atoms with E-state index in [1.54, 1.807) is 11.3 Å². The van der Waals surface area contributed by atoms with Gasteiger partial charge >= 0.3 is 0 Å². The van der Waals surface area contributed by atoms with E-state index >= 15 is 0 Å². The number of hydrogen-bond donors (Lipinski definition) is 2. The molecule has 1 atom stereocenters. The van der Waals surface area contributed by atoms with E-state index in [1.165, 1.54) is 23.1 Å². The minimum absolute atomic E-state index is 0.122. The van der Waals surface area contributed by atoms with Crippen LogP contribution in [0, 0.1) is 5.82 Å². The summed E-state index contributed by atoms with van der Waals surface area (Å²) in [7, 11) is 0. The van der Waals surface area contributed by atoms with Crippen molar-refractivity contribution in [3.05, 3.63) is 52.0 Å². The summed E-state index contributed by atoms with van der Waals surface area (Å²) in [5, 5.41) is 14.8. The fraction of sp³-hybridized carbons (Fsp3) is 0.231. The quantitative estimate of drug-likeness (QED) is 0.872. The van der Waals surface area contributed by atoms with Crippen LogP contribution in [0.25, 0.3) is 0 Å². The monoisotopic (exact) mass is 251 g/mol. The molecule has 0 radical (unpaired) electrons. The maximum Gasteiger partial charge on any atom is 0.123 e. The van der Waals surface area contributed by atoms with Crippen molar-refractivity contribution in [3.63, 3.8) is 0 Å². The van der Waals surface area contributed by atoms with Crippen LogP contribution in [0.4, 0.5) is 4.39 Å². The second kappa shape index (κ2) is 5.29. The zero-order valence-corrected chi connectivity index (χ0v) is 10.3. The van der Waals surface area contributed by atoms with Crippen LogP contribution in [0.15, 0.2) is 35.7 Å². The van der Waals surface area contributed by atoms with E-state index in [4.69, 9.17) is 0 Å². The van der Waals surface area contributed by atoms with Gasteiger partial charge in [-0.15, -0.1) is 11.3 Å². The van der Waals surface area contributed by atoms with Crippen molar-refractivity contribution < 1.29 is 9.50 Å². The maximum atomic E-state index is 13.0. The summed E-state index contributed by atoms with van der Waals surface area (Å²) in [4.78, 5) is 1.22. The molecule has 17 heavy (non-hydrogen) atoms. The van der Waals surface area contributed by atoms with Gasteiger partial charge in [0.1, 0.15) is 11.6 Å². The van der Waals surface area contributed by atoms with Crippen LogP contribution in [0.3, 0.4) is 0 Å². The van der Waals surface area contributed by atoms with E-state index in [-0.39, 0.29) is 17.6 Å². The van der Waals surface area contributed by atoms with Gasteiger partial charge in [0.25, 0.3) is 0 Å². The lowest BCUT2D eigenvalue weighted by Gasteiger charge is -2.12. The molecule has 0 aliphatic rings. The first-order valence-corrected chi connectivity index (χ1v) is 6.29. The summed E-state index contributed by atoms with van der Waals surface area (Å²) in [6.45, 7) is 2.49. The van der Waals surface area contributed by atoms with E-state index in [0.717, 1.165) is 0 Å². The van der Waals surface area contributed by atoms with Gasteiger partial charge in [-0.25, -0.2) is 4.39 Å². The third kappa shape index (κ3) is 3.05. The minimum atomic E-state index is -0.330. The van der Waals surface area contributed by atoms with Gasteiger partial charge < -0.3 is 10.4 Å². The number of rotatable bonds is 4. The average Bonchev–Trinajstić information content (AvgIpc) is 2.83. The first kappa shape index (κ1) is 12.1. The van der Waals surface area contributed by atoms with Crippen molar-refractivity contribution in [1.82, 2.24) is 5.32 Å². The molecule has 0 spiro atoms. The van der Waals surface area contributed by atoms with Crippen molar-refractivity contribution >= 4 is 11.3 Å². The third-order valence-electron chi connectivity index (χ3n) is 2.61. The minimum Gasteiger partial charge on any atom is -0.508 e. The van der Waals surface area contributed by atoms with E-state index in [9.17, 15) is 9.50 Å². The molecule has 0 amide bonds. The van der Waals surface area contributed by atoms with Crippen molar-refractivity contribution in [2.45, 2.75) is 19.5 Å². The Morgan fingerprint density at radius 1 is 1.41 bits per heavy atom. The average molecular weight is 251 g/mol. The summed E-state index contributed by atoms with van der Waals surface area (Å²) in [6, 6.07) is 8.22. The number of phenols is 1. The summed E-state index contributed by atoms with van der Waals surface area (Å²) < 4.78 is 13.0. The number of hydrogen-bond acceptors (Lipinski definition) is 3. The lowest BCUT2D eigenvalue weighted by molar-refractivity contribution is 0.457. The number of nitrogens with one attached hydrogen (secondary N) is 1. The van der Waals surface area contributed by atoms with Crippen LogP contribution in [0.1, 0.15) is 23.4 Å². The Labute approximate surface area is 104 Å². The molecule has 2 nitrogen and oxygen atoms in total. The highest BCUT2D eigenvalue weighted by atomic mass is 32.1. The molecular weight excluding hydrogens is 237 g/mol. The fourth-order valence-corrected chi connectivity index (χ4v) is 2.36. The first-order chi connectivity index (χ1) is 8.16. The highest BCUT2D eigenvalue weighted by molar-refractivity contribution is 7.10. The van der Waals surface area contributed by atoms with Gasteiger partial charge in [-0.05, 0) is 36.6 Å². The molecule has 1 heterocycles. The Hall–Kier alpha value is -1.39. The van der Waals surface area contributed by atoms with Crippen LogP contribution in [-0.2, 0) is 6.54 Å². The largest absolute Gasteiger partial charge is 0.508 e. The van der Waals surface area contributed by atoms with Crippen LogP contribution in [0.2, 0.25) is 0 Å². The molecule has 0 fully saturated rings. The molecule has 90 valence electrons. The summed E-state index contributed by atoms with van der Waals surface area (Å²) in [5.41, 5.74) is 0.577. The van der Waals surface area contributed by atoms with Crippen molar-refractivity contribution in [2.24, 2.45) is 0 Å². The highest BCUT2D eigenvalue weighted by Gasteiger charge is 2.08. The van der Waals surface area contributed by atoms with Gasteiger partial charge in [0.05, 0.1) is 0 Å². The Kier molecular flexibility index (Phi) is 3.76. The number of aromatic hydroxyl groups is 1. The molecule has 0 unspecified atom stereocenters. The van der Waals surface area contributed by atoms with Crippen LogP contribution >= 0.6 is 11.3 Å². The van der Waals surface area contributed by atoms with Crippen LogP contribution in [0.5, 0.6) is 5.75 Å². The Morgan fingerprint density at radius 2 is 2.24 bits per heavy atom. The Balaban J connectivity index is 2.00. The van der Waals surface area contributed by atoms with Gasteiger partial charge in [0.15, 0.2) is 0 Å². The van der Waals surface area contributed by atoms with Gasteiger partial charge in [0.2, 0.25) is 0 Å². The van der Waals surface area contributed by atoms with Crippen molar-refractivity contribution in [1.29, 1.82) is 0 Å². The van der Waals surface area contributed by atoms with Crippen molar-refractivity contribution in [3.8, 4) is 5.75 Å². The van der Waals surface area contributed by atoms with Crippen molar-refractivity contribution in [2.75, 3.05) is 0 Å². The highest BCUT2D eigenvalue weighted by Crippen LogP contribution is 2.21. The lowest BCUT2D eigenvalue weighted by atomic mass is 10.2. The van der Waals surface area contributed by atoms with Crippen LogP contribution in [-0.4, -0.2) is 5.11 Å². The molecule has 0 saturated heterocycles. The van der Waals surface area contributed by atoms with E-state index in [2.05, 4.69) is 5.32 Å². The lowest BCUT2D eigenvalue weighted by Crippen LogP contribution is -2.17. The Bertz CT molecular complexity index is 484. The molecule has 2 N–H and O–H groups in total. The molecule has 2 rings (SSSR count). The van der Waals surface area contributed by atoms with Crippen LogP contribution < -0.4 is 5.32 Å². The second-order valence-corrected chi connectivity index (χ2v) is 4.87. The van der Waals surface area contributed by atoms with E-state index in [0.29, 0.717) is 12.1 Å². The molecule has 1 aromatic carbocycles. The number of thiophene rings is 1. The number of benzene rings is 1. The normalized spacial score (nSPS) is 12.6. The standard InChI is InChI=1S/C13H14FNOS/c1-9(13-3-2-6-17-13)15-8-10-7-11(14)4-5-12(10)16/h2-7,9,15-16H,8H2,1H3/t9-/m1/s1. The molecule has 1 aromatic heterocycles.